The molecule has 5 rings (SSSR count). The van der Waals surface area contributed by atoms with Crippen molar-refractivity contribution in [2.45, 2.75) is 57.1 Å². The second-order valence-corrected chi connectivity index (χ2v) is 7.79. The molecule has 0 aromatic heterocycles. The molecular weight excluding hydrogens is 300 g/mol. The van der Waals surface area contributed by atoms with Crippen molar-refractivity contribution in [2.24, 2.45) is 23.7 Å². The summed E-state index contributed by atoms with van der Waals surface area (Å²) in [7, 11) is 0. The first-order valence-corrected chi connectivity index (χ1v) is 8.89. The summed E-state index contributed by atoms with van der Waals surface area (Å²) in [6.07, 6.45) is 9.53. The first kappa shape index (κ1) is 16.5. The van der Waals surface area contributed by atoms with Gasteiger partial charge in [0, 0.05) is 19.2 Å². The highest BCUT2D eigenvalue weighted by Gasteiger charge is 2.48. The number of carbonyl (C=O) groups is 1. The van der Waals surface area contributed by atoms with Crippen LogP contribution in [0, 0.1) is 23.7 Å². The Balaban J connectivity index is 0.00000144. The van der Waals surface area contributed by atoms with E-state index in [9.17, 15) is 4.79 Å². The van der Waals surface area contributed by atoms with Gasteiger partial charge in [0.1, 0.15) is 0 Å². The van der Waals surface area contributed by atoms with Gasteiger partial charge in [-0.2, -0.15) is 0 Å². The predicted octanol–water partition coefficient (Wildman–Crippen LogP) is 2.12. The molecule has 0 aromatic carbocycles. The first-order valence-electron chi connectivity index (χ1n) is 8.89. The summed E-state index contributed by atoms with van der Waals surface area (Å²) in [5, 5.41) is 6.61. The Morgan fingerprint density at radius 1 is 1.05 bits per heavy atom. The highest BCUT2D eigenvalue weighted by Crippen LogP contribution is 2.53. The van der Waals surface area contributed by atoms with Crippen molar-refractivity contribution in [1.29, 1.82) is 0 Å². The molecule has 5 aliphatic rings. The van der Waals surface area contributed by atoms with Gasteiger partial charge in [-0.3, -0.25) is 4.79 Å². The monoisotopic (exact) mass is 328 g/mol. The maximum atomic E-state index is 12.2. The van der Waals surface area contributed by atoms with Gasteiger partial charge in [0.25, 0.3) is 0 Å². The third-order valence-electron chi connectivity index (χ3n) is 6.24. The van der Waals surface area contributed by atoms with Crippen LogP contribution in [0.25, 0.3) is 0 Å². The van der Waals surface area contributed by atoms with Crippen LogP contribution in [-0.4, -0.2) is 37.7 Å². The molecule has 126 valence electrons. The molecule has 0 aromatic rings. The Hall–Kier alpha value is -0.320. The third kappa shape index (κ3) is 3.44. The van der Waals surface area contributed by atoms with Crippen LogP contribution in [-0.2, 0) is 9.53 Å². The molecule has 4 saturated carbocycles. The van der Waals surface area contributed by atoms with Crippen LogP contribution in [0.2, 0.25) is 0 Å². The van der Waals surface area contributed by atoms with Gasteiger partial charge in [-0.1, -0.05) is 0 Å². The van der Waals surface area contributed by atoms with Crippen molar-refractivity contribution in [1.82, 2.24) is 10.6 Å². The van der Waals surface area contributed by atoms with Crippen LogP contribution in [0.3, 0.4) is 0 Å². The van der Waals surface area contributed by atoms with Crippen LogP contribution >= 0.6 is 12.4 Å². The van der Waals surface area contributed by atoms with Crippen molar-refractivity contribution >= 4 is 18.3 Å². The van der Waals surface area contributed by atoms with Crippen molar-refractivity contribution in [2.75, 3.05) is 19.7 Å². The average Bonchev–Trinajstić information content (AvgIpc) is 2.95. The number of carbonyl (C=O) groups excluding carboxylic acids is 1. The minimum atomic E-state index is 0. The largest absolute Gasteiger partial charge is 0.377 e. The Kier molecular flexibility index (Phi) is 5.31. The predicted molar refractivity (Wildman–Crippen MR) is 88.1 cm³/mol. The number of nitrogens with one attached hydrogen (secondary N) is 2. The molecule has 0 radical (unpaired) electrons. The van der Waals surface area contributed by atoms with Crippen molar-refractivity contribution in [3.8, 4) is 0 Å². The number of ether oxygens (including phenoxy) is 1. The van der Waals surface area contributed by atoms with Crippen LogP contribution in [0.15, 0.2) is 0 Å². The van der Waals surface area contributed by atoms with Gasteiger partial charge >= 0.3 is 0 Å². The van der Waals surface area contributed by atoms with E-state index < -0.39 is 0 Å². The van der Waals surface area contributed by atoms with Gasteiger partial charge in [0.05, 0.1) is 12.6 Å². The normalized spacial score (nSPS) is 42.2. The Bertz CT molecular complexity index is 370. The minimum Gasteiger partial charge on any atom is -0.377 e. The molecule has 1 unspecified atom stereocenters. The van der Waals surface area contributed by atoms with Gasteiger partial charge in [-0.15, -0.1) is 12.4 Å². The molecule has 2 N–H and O–H groups in total. The maximum absolute atomic E-state index is 12.2. The molecule has 0 spiro atoms. The summed E-state index contributed by atoms with van der Waals surface area (Å²) in [5.74, 6) is 3.66. The second kappa shape index (κ2) is 7.06. The summed E-state index contributed by atoms with van der Waals surface area (Å²) in [4.78, 5) is 12.2. The molecule has 4 nitrogen and oxygen atoms in total. The van der Waals surface area contributed by atoms with E-state index in [0.717, 1.165) is 49.7 Å². The van der Waals surface area contributed by atoms with Crippen molar-refractivity contribution < 1.29 is 9.53 Å². The molecule has 1 atom stereocenters. The molecule has 1 heterocycles. The van der Waals surface area contributed by atoms with E-state index in [1.807, 2.05) is 0 Å². The second-order valence-electron chi connectivity index (χ2n) is 7.79. The average molecular weight is 329 g/mol. The Morgan fingerprint density at radius 3 is 2.32 bits per heavy atom. The summed E-state index contributed by atoms with van der Waals surface area (Å²) < 4.78 is 5.57. The zero-order chi connectivity index (χ0) is 14.2. The lowest BCUT2D eigenvalue weighted by atomic mass is 9.54. The van der Waals surface area contributed by atoms with E-state index in [2.05, 4.69) is 10.6 Å². The summed E-state index contributed by atoms with van der Waals surface area (Å²) in [6, 6.07) is 0.467. The zero-order valence-corrected chi connectivity index (χ0v) is 14.1. The molecule has 4 bridgehead atoms. The van der Waals surface area contributed by atoms with Crippen LogP contribution in [0.5, 0.6) is 0 Å². The van der Waals surface area contributed by atoms with E-state index in [0.29, 0.717) is 18.7 Å². The fraction of sp³-hybridized carbons (Fsp3) is 0.941. The van der Waals surface area contributed by atoms with Gasteiger partial charge in [-0.05, 0) is 68.6 Å². The number of rotatable bonds is 5. The van der Waals surface area contributed by atoms with Crippen molar-refractivity contribution in [3.63, 3.8) is 0 Å². The Labute approximate surface area is 139 Å². The lowest BCUT2D eigenvalue weighted by molar-refractivity contribution is -0.124. The number of hydrogen-bond acceptors (Lipinski definition) is 3. The van der Waals surface area contributed by atoms with Gasteiger partial charge < -0.3 is 15.4 Å². The number of amides is 1. The van der Waals surface area contributed by atoms with Gasteiger partial charge in [0.2, 0.25) is 5.91 Å². The molecule has 1 amide bonds. The standard InChI is InChI=1S/C17H28N2O2.ClH/c20-16(10-18-9-15-2-1-3-21-15)19-17-13-5-11-4-12(7-13)8-14(17)6-11;/h11-15,17-18H,1-10H2,(H,19,20);1H. The zero-order valence-electron chi connectivity index (χ0n) is 13.3. The van der Waals surface area contributed by atoms with E-state index in [4.69, 9.17) is 4.74 Å². The topological polar surface area (TPSA) is 50.4 Å². The van der Waals surface area contributed by atoms with Gasteiger partial charge in [-0.25, -0.2) is 0 Å². The maximum Gasteiger partial charge on any atom is 0.234 e. The van der Waals surface area contributed by atoms with Gasteiger partial charge in [0.15, 0.2) is 0 Å². The summed E-state index contributed by atoms with van der Waals surface area (Å²) >= 11 is 0. The lowest BCUT2D eigenvalue weighted by Gasteiger charge is -2.54. The smallest absolute Gasteiger partial charge is 0.234 e. The van der Waals surface area contributed by atoms with E-state index in [-0.39, 0.29) is 18.3 Å². The van der Waals surface area contributed by atoms with E-state index in [1.165, 1.54) is 32.1 Å². The first-order chi connectivity index (χ1) is 10.3. The third-order valence-corrected chi connectivity index (χ3v) is 6.24. The molecule has 4 aliphatic carbocycles. The number of halogens is 1. The fourth-order valence-corrected chi connectivity index (χ4v) is 5.55. The summed E-state index contributed by atoms with van der Waals surface area (Å²) in [6.45, 7) is 2.14. The van der Waals surface area contributed by atoms with Crippen molar-refractivity contribution in [3.05, 3.63) is 0 Å². The SMILES string of the molecule is Cl.O=C(CNCC1CCCO1)NC1C2CC3CC(C2)CC1C3. The highest BCUT2D eigenvalue weighted by atomic mass is 35.5. The quantitative estimate of drug-likeness (QED) is 0.812. The van der Waals surface area contributed by atoms with E-state index in [1.54, 1.807) is 0 Å². The fourth-order valence-electron chi connectivity index (χ4n) is 5.55. The molecule has 5 heteroatoms. The van der Waals surface area contributed by atoms with Crippen LogP contribution in [0.4, 0.5) is 0 Å². The van der Waals surface area contributed by atoms with E-state index >= 15 is 0 Å². The molecular formula is C17H29ClN2O2. The minimum absolute atomic E-state index is 0. The van der Waals surface area contributed by atoms with Crippen LogP contribution < -0.4 is 10.6 Å². The molecule has 1 aliphatic heterocycles. The molecule has 1 saturated heterocycles. The Morgan fingerprint density at radius 2 is 1.73 bits per heavy atom. The molecule has 5 fully saturated rings. The number of hydrogen-bond donors (Lipinski definition) is 2. The van der Waals surface area contributed by atoms with Crippen LogP contribution in [0.1, 0.15) is 44.9 Å². The summed E-state index contributed by atoms with van der Waals surface area (Å²) in [5.41, 5.74) is 0. The lowest BCUT2D eigenvalue weighted by Crippen LogP contribution is -2.57. The molecule has 22 heavy (non-hydrogen) atoms. The highest BCUT2D eigenvalue weighted by molar-refractivity contribution is 5.85.